The molecule has 13 aromatic rings. The first-order valence-electron chi connectivity index (χ1n) is 36.7. The minimum atomic E-state index is -5.93. The van der Waals surface area contributed by atoms with Gasteiger partial charge in [-0.3, -0.25) is 0 Å². The maximum atomic E-state index is 10.5. The highest BCUT2D eigenvalue weighted by Gasteiger charge is 2.41. The summed E-state index contributed by atoms with van der Waals surface area (Å²) in [6.45, 7) is 0. The average Bonchev–Trinajstić information content (AvgIpc) is 1.67. The van der Waals surface area contributed by atoms with E-state index in [0.717, 1.165) is 4.57 Å². The Morgan fingerprint density at radius 2 is 0.875 bits per heavy atom. The van der Waals surface area contributed by atoms with E-state index < -0.39 is 323 Å². The van der Waals surface area contributed by atoms with Gasteiger partial charge in [-0.15, -0.1) is 0 Å². The number of fused-ring (bicyclic) bond motifs is 10. The van der Waals surface area contributed by atoms with Crippen molar-refractivity contribution in [3.63, 3.8) is 0 Å². The van der Waals surface area contributed by atoms with Crippen LogP contribution in [0.1, 0.15) is 48.0 Å². The fourth-order valence-electron chi connectivity index (χ4n) is 8.31. The maximum absolute atomic E-state index is 10.5. The van der Waals surface area contributed by atoms with Crippen molar-refractivity contribution in [2.24, 2.45) is 0 Å². The Balaban J connectivity index is 1.30. The van der Waals surface area contributed by atoms with Gasteiger partial charge in [0.05, 0.1) is 81.1 Å². The van der Waals surface area contributed by atoms with E-state index in [-0.39, 0.29) is 5.19 Å². The Labute approximate surface area is 420 Å². The van der Waals surface area contributed by atoms with Crippen LogP contribution in [-0.2, 0) is 0 Å². The molecule has 0 N–H and O–H groups in total. The third-order valence-electron chi connectivity index (χ3n) is 10.9. The van der Waals surface area contributed by atoms with E-state index in [4.69, 9.17) is 26.3 Å². The molecule has 3 heterocycles. The van der Waals surface area contributed by atoms with E-state index in [1.807, 2.05) is 0 Å². The van der Waals surface area contributed by atoms with Crippen LogP contribution in [0, 0.1) is 0 Å². The lowest BCUT2D eigenvalue weighted by Crippen LogP contribution is -2.74. The normalized spacial score (nSPS) is 20.5. The summed E-state index contributed by atoms with van der Waals surface area (Å²) >= 11 is 0. The van der Waals surface area contributed by atoms with Crippen molar-refractivity contribution in [2.75, 3.05) is 0 Å². The molecule has 0 aliphatic rings. The van der Waals surface area contributed by atoms with E-state index in [9.17, 15) is 26.0 Å². The van der Waals surface area contributed by atoms with E-state index in [1.165, 1.54) is 30.3 Å². The van der Waals surface area contributed by atoms with Crippen molar-refractivity contribution in [1.82, 2.24) is 9.13 Å². The molecule has 300 valence electrons. The molecule has 0 aliphatic carbocycles. The quantitative estimate of drug-likeness (QED) is 0.116. The zero-order valence-electron chi connectivity index (χ0n) is 67.2. The molecule has 0 amide bonds. The van der Waals surface area contributed by atoms with Gasteiger partial charge in [-0.25, -0.2) is 0 Å². The molecule has 0 radical (unpaired) electrons. The first-order valence-corrected chi connectivity index (χ1v) is 21.2. The number of hydrogen-bond donors (Lipinski definition) is 0. The highest BCUT2D eigenvalue weighted by Crippen LogP contribution is 2.45. The summed E-state index contributed by atoms with van der Waals surface area (Å²) < 4.78 is 335. The number of hydrogen-bond acceptors (Lipinski definition) is 1. The van der Waals surface area contributed by atoms with E-state index in [2.05, 4.69) is 0 Å². The third kappa shape index (κ3) is 5.33. The lowest BCUT2D eigenvalue weighted by atomic mass is 10.1. The molecule has 0 aliphatic heterocycles. The van der Waals surface area contributed by atoms with Crippen LogP contribution in [0.15, 0.2) is 246 Å². The Kier molecular flexibility index (Phi) is 3.58. The Hall–Kier alpha value is -8.18. The molecule has 64 heavy (non-hydrogen) atoms. The summed E-state index contributed by atoms with van der Waals surface area (Å²) in [5.74, 6) is 0. The SMILES string of the molecule is [2H]c1c([2H])c([2H])c(-c2c([2H])c([2H])c([Si](c3ccccc3)(c3c([2H])c([2H])c([2H])c([2H])c3[2H])c3c([2H])c([2H])c(-n4c5c([2H])c([2H])c([2H])c([2H])c5c5c([2H])c(-n6c7c([2H])c([2H])c([2H])c([2H])c7c7c([2H])c([2H])c([2H])c([2H])c76)c6oc7c([2H])c([2H])c([2H])c([2H])c7c6c54)c([2H])c3[2H])c([2H])c2[2H])c([2H])c1[2H]. The molecule has 0 saturated heterocycles. The summed E-state index contributed by atoms with van der Waals surface area (Å²) in [4.78, 5) is 0. The van der Waals surface area contributed by atoms with Crippen molar-refractivity contribution in [3.8, 4) is 22.5 Å². The van der Waals surface area contributed by atoms with Crippen molar-refractivity contribution >= 4 is 94.4 Å². The zero-order valence-corrected chi connectivity index (χ0v) is 33.2. The summed E-state index contributed by atoms with van der Waals surface area (Å²) in [5, 5.41) is -6.91. The number of para-hydroxylation sites is 4. The molecule has 3 aromatic heterocycles. The lowest BCUT2D eigenvalue weighted by Gasteiger charge is -2.34. The van der Waals surface area contributed by atoms with Crippen LogP contribution in [0.25, 0.3) is 88.1 Å². The minimum absolute atomic E-state index is 0.300. The van der Waals surface area contributed by atoms with Crippen LogP contribution in [0.5, 0.6) is 0 Å². The van der Waals surface area contributed by atoms with Gasteiger partial charge in [0.25, 0.3) is 0 Å². The second-order valence-electron chi connectivity index (χ2n) is 14.1. The van der Waals surface area contributed by atoms with Crippen LogP contribution >= 0.6 is 0 Å². The topological polar surface area (TPSA) is 23.0 Å². The van der Waals surface area contributed by atoms with Gasteiger partial charge in [-0.05, 0) is 74.2 Å². The standard InChI is InChI=1S/C60H40N2OSi/c1-4-18-41(19-5-1)42-32-36-46(37-33-42)64(44-20-6-2-7-21-44,45-22-8-3-9-23-45)47-38-34-43(35-39-47)61-53-28-14-12-26-50(53)52-40-56(60-58(59(52)61)51-27-13-17-31-57(51)63-60)62-54-29-15-10-24-48(54)49-25-11-16-30-55(49)62/h1-40H/i1D,2D,4D,5D,6D,7D,10D,11D,12D,13D,14D,15D,16D,17D,18D,19D,20D,21D,24D,25D,26D,27D,28D,29D,30D,31D,32D,33D,34D,35D,36D,37D,38D,39D,40D. The minimum Gasteiger partial charge on any atom is -0.454 e. The molecule has 10 aromatic carbocycles. The summed E-state index contributed by atoms with van der Waals surface area (Å²) in [5.41, 5.74) is -7.91. The van der Waals surface area contributed by atoms with Gasteiger partial charge in [0, 0.05) is 32.6 Å². The van der Waals surface area contributed by atoms with Gasteiger partial charge in [0.2, 0.25) is 0 Å². The second kappa shape index (κ2) is 14.5. The number of benzene rings is 10. The fraction of sp³-hybridized carbons (Fsp3) is 0. The first-order chi connectivity index (χ1) is 46.3. The molecule has 0 saturated carbocycles. The smallest absolute Gasteiger partial charge is 0.179 e. The second-order valence-corrected chi connectivity index (χ2v) is 17.7. The number of aromatic nitrogens is 2. The van der Waals surface area contributed by atoms with Crippen LogP contribution in [0.4, 0.5) is 0 Å². The third-order valence-corrected chi connectivity index (χ3v) is 15.1. The Morgan fingerprint density at radius 3 is 1.52 bits per heavy atom. The molecule has 1 atom stereocenters. The highest BCUT2D eigenvalue weighted by atomic mass is 28.3. The van der Waals surface area contributed by atoms with Crippen LogP contribution < -0.4 is 20.7 Å². The average molecular weight is 868 g/mol. The predicted octanol–water partition coefficient (Wildman–Crippen LogP) is 12.8. The van der Waals surface area contributed by atoms with Crippen molar-refractivity contribution in [2.45, 2.75) is 0 Å². The fourth-order valence-corrected chi connectivity index (χ4v) is 12.1. The molecule has 1 unspecified atom stereocenters. The van der Waals surface area contributed by atoms with Gasteiger partial charge in [-0.2, -0.15) is 0 Å². The van der Waals surface area contributed by atoms with E-state index in [0.29, 0.717) is 4.57 Å². The van der Waals surface area contributed by atoms with Crippen molar-refractivity contribution < 1.29 is 52.4 Å². The molecule has 0 fully saturated rings. The van der Waals surface area contributed by atoms with E-state index in [1.54, 1.807) is 0 Å². The van der Waals surface area contributed by atoms with Gasteiger partial charge in [0.15, 0.2) is 13.7 Å². The van der Waals surface area contributed by atoms with Gasteiger partial charge in [-0.1, -0.05) is 200 Å². The summed E-state index contributed by atoms with van der Waals surface area (Å²) in [6, 6.07) is -29.5. The van der Waals surface area contributed by atoms with E-state index >= 15 is 0 Å². The van der Waals surface area contributed by atoms with Crippen LogP contribution in [-0.4, -0.2) is 17.2 Å². The summed E-state index contributed by atoms with van der Waals surface area (Å²) in [7, 11) is -5.93. The monoisotopic (exact) mass is 868 g/mol. The van der Waals surface area contributed by atoms with Gasteiger partial charge in [0.1, 0.15) is 5.58 Å². The van der Waals surface area contributed by atoms with Gasteiger partial charge >= 0.3 is 0 Å². The molecule has 13 rings (SSSR count). The van der Waals surface area contributed by atoms with Crippen molar-refractivity contribution in [1.29, 1.82) is 0 Å². The van der Waals surface area contributed by atoms with Crippen LogP contribution in [0.2, 0.25) is 0 Å². The molecule has 0 bridgehead atoms. The molecular formula is C60H40N2OSi. The first kappa shape index (κ1) is 15.9. The summed E-state index contributed by atoms with van der Waals surface area (Å²) in [6.07, 6.45) is 0. The molecule has 3 nitrogen and oxygen atoms in total. The molecule has 4 heteroatoms. The Bertz CT molecular complexity index is 5810. The predicted molar refractivity (Wildman–Crippen MR) is 271 cm³/mol. The maximum Gasteiger partial charge on any atom is 0.179 e. The zero-order chi connectivity index (χ0) is 72.7. The Morgan fingerprint density at radius 1 is 0.391 bits per heavy atom. The van der Waals surface area contributed by atoms with Crippen molar-refractivity contribution in [3.05, 3.63) is 242 Å². The lowest BCUT2D eigenvalue weighted by molar-refractivity contribution is 0.666. The number of rotatable bonds is 7. The highest BCUT2D eigenvalue weighted by molar-refractivity contribution is 7.19. The molecular weight excluding hydrogens is 793 g/mol. The van der Waals surface area contributed by atoms with Crippen LogP contribution in [0.3, 0.4) is 0 Å². The number of furan rings is 1. The largest absolute Gasteiger partial charge is 0.454 e. The van der Waals surface area contributed by atoms with Gasteiger partial charge < -0.3 is 13.6 Å². The molecule has 0 spiro atoms. The number of nitrogens with zero attached hydrogens (tertiary/aromatic N) is 2.